The van der Waals surface area contributed by atoms with E-state index in [9.17, 15) is 0 Å². The standard InChI is InChI=1S/C25H22/c1-17-15-18(2)25(19(3)16-17)24-14-13-21(20-9-5-4-6-10-20)22-11-7-8-12-23(22)24/h4-16H,1-3H3. The summed E-state index contributed by atoms with van der Waals surface area (Å²) in [6, 6.07) is 28.5. The fourth-order valence-electron chi connectivity index (χ4n) is 3.99. The highest BCUT2D eigenvalue weighted by Gasteiger charge is 2.12. The average Bonchev–Trinajstić information content (AvgIpc) is 2.62. The highest BCUT2D eigenvalue weighted by atomic mass is 14.2. The van der Waals surface area contributed by atoms with Gasteiger partial charge in [-0.2, -0.15) is 0 Å². The molecule has 4 rings (SSSR count). The Morgan fingerprint density at radius 2 is 1.04 bits per heavy atom. The van der Waals surface area contributed by atoms with Crippen LogP contribution in [0, 0.1) is 20.8 Å². The van der Waals surface area contributed by atoms with Gasteiger partial charge in [0.1, 0.15) is 0 Å². The van der Waals surface area contributed by atoms with Gasteiger partial charge in [-0.15, -0.1) is 0 Å². The molecule has 0 atom stereocenters. The van der Waals surface area contributed by atoms with Crippen LogP contribution in [-0.4, -0.2) is 0 Å². The molecule has 0 heteroatoms. The Balaban J connectivity index is 2.03. The Labute approximate surface area is 149 Å². The number of fused-ring (bicyclic) bond motifs is 1. The van der Waals surface area contributed by atoms with Crippen LogP contribution in [0.2, 0.25) is 0 Å². The maximum atomic E-state index is 2.29. The van der Waals surface area contributed by atoms with E-state index in [0.717, 1.165) is 0 Å². The molecule has 0 spiro atoms. The van der Waals surface area contributed by atoms with Gasteiger partial charge in [0.15, 0.2) is 0 Å². The van der Waals surface area contributed by atoms with E-state index in [1.807, 2.05) is 0 Å². The van der Waals surface area contributed by atoms with Crippen molar-refractivity contribution in [1.29, 1.82) is 0 Å². The predicted octanol–water partition coefficient (Wildman–Crippen LogP) is 7.10. The first-order valence-corrected chi connectivity index (χ1v) is 8.80. The summed E-state index contributed by atoms with van der Waals surface area (Å²) in [6.45, 7) is 6.60. The van der Waals surface area contributed by atoms with Crippen LogP contribution in [0.15, 0.2) is 78.9 Å². The molecular formula is C25H22. The largest absolute Gasteiger partial charge is 0.0622 e. The lowest BCUT2D eigenvalue weighted by Crippen LogP contribution is -1.92. The van der Waals surface area contributed by atoms with E-state index in [2.05, 4.69) is 99.6 Å². The fraction of sp³-hybridized carbons (Fsp3) is 0.120. The minimum absolute atomic E-state index is 1.27. The second-order valence-electron chi connectivity index (χ2n) is 6.85. The summed E-state index contributed by atoms with van der Waals surface area (Å²) in [6.07, 6.45) is 0. The lowest BCUT2D eigenvalue weighted by atomic mass is 9.88. The SMILES string of the molecule is Cc1cc(C)c(-c2ccc(-c3ccccc3)c3ccccc23)c(C)c1. The van der Waals surface area contributed by atoms with Crippen molar-refractivity contribution in [1.82, 2.24) is 0 Å². The molecule has 4 aromatic rings. The summed E-state index contributed by atoms with van der Waals surface area (Å²) >= 11 is 0. The van der Waals surface area contributed by atoms with Gasteiger partial charge in [-0.05, 0) is 64.9 Å². The topological polar surface area (TPSA) is 0 Å². The Kier molecular flexibility index (Phi) is 3.89. The van der Waals surface area contributed by atoms with Crippen molar-refractivity contribution in [2.75, 3.05) is 0 Å². The van der Waals surface area contributed by atoms with Crippen LogP contribution in [0.4, 0.5) is 0 Å². The second-order valence-corrected chi connectivity index (χ2v) is 6.85. The van der Waals surface area contributed by atoms with E-state index in [1.54, 1.807) is 0 Å². The van der Waals surface area contributed by atoms with Crippen LogP contribution in [0.5, 0.6) is 0 Å². The first-order chi connectivity index (χ1) is 12.1. The van der Waals surface area contributed by atoms with Crippen LogP contribution in [0.3, 0.4) is 0 Å². The molecule has 0 aliphatic rings. The van der Waals surface area contributed by atoms with E-state index in [1.165, 1.54) is 49.7 Å². The van der Waals surface area contributed by atoms with Crippen molar-refractivity contribution in [3.05, 3.63) is 95.6 Å². The normalized spacial score (nSPS) is 11.0. The molecule has 0 aliphatic heterocycles. The molecule has 0 nitrogen and oxygen atoms in total. The van der Waals surface area contributed by atoms with Crippen LogP contribution in [-0.2, 0) is 0 Å². The zero-order valence-electron chi connectivity index (χ0n) is 15.0. The maximum Gasteiger partial charge on any atom is -0.00990 e. The van der Waals surface area contributed by atoms with Crippen molar-refractivity contribution in [2.45, 2.75) is 20.8 Å². The molecule has 0 amide bonds. The molecule has 0 unspecified atom stereocenters. The van der Waals surface area contributed by atoms with Crippen LogP contribution in [0.25, 0.3) is 33.0 Å². The van der Waals surface area contributed by atoms with E-state index >= 15 is 0 Å². The first-order valence-electron chi connectivity index (χ1n) is 8.80. The number of rotatable bonds is 2. The Bertz CT molecular complexity index is 1030. The first kappa shape index (κ1) is 15.7. The monoisotopic (exact) mass is 322 g/mol. The van der Waals surface area contributed by atoms with E-state index in [0.29, 0.717) is 0 Å². The molecule has 0 fully saturated rings. The lowest BCUT2D eigenvalue weighted by Gasteiger charge is -2.16. The van der Waals surface area contributed by atoms with Gasteiger partial charge in [0.25, 0.3) is 0 Å². The molecule has 0 N–H and O–H groups in total. The number of hydrogen-bond acceptors (Lipinski definition) is 0. The zero-order valence-corrected chi connectivity index (χ0v) is 15.0. The molecule has 122 valence electrons. The second kappa shape index (κ2) is 6.22. The van der Waals surface area contributed by atoms with Crippen LogP contribution >= 0.6 is 0 Å². The van der Waals surface area contributed by atoms with Gasteiger partial charge in [0.2, 0.25) is 0 Å². The van der Waals surface area contributed by atoms with Crippen LogP contribution in [0.1, 0.15) is 16.7 Å². The van der Waals surface area contributed by atoms with Gasteiger partial charge >= 0.3 is 0 Å². The Hall–Kier alpha value is -2.86. The molecule has 0 heterocycles. The van der Waals surface area contributed by atoms with Crippen molar-refractivity contribution in [3.8, 4) is 22.3 Å². The third-order valence-electron chi connectivity index (χ3n) is 4.96. The van der Waals surface area contributed by atoms with Crippen molar-refractivity contribution in [3.63, 3.8) is 0 Å². The maximum absolute atomic E-state index is 2.29. The third kappa shape index (κ3) is 2.74. The Morgan fingerprint density at radius 3 is 1.68 bits per heavy atom. The van der Waals surface area contributed by atoms with E-state index in [-0.39, 0.29) is 0 Å². The zero-order chi connectivity index (χ0) is 17.4. The van der Waals surface area contributed by atoms with Gasteiger partial charge in [-0.1, -0.05) is 84.4 Å². The summed E-state index contributed by atoms with van der Waals surface area (Å²) in [4.78, 5) is 0. The quantitative estimate of drug-likeness (QED) is 0.369. The summed E-state index contributed by atoms with van der Waals surface area (Å²) in [5.41, 5.74) is 9.26. The van der Waals surface area contributed by atoms with Crippen LogP contribution < -0.4 is 0 Å². The number of aryl methyl sites for hydroxylation is 3. The highest BCUT2D eigenvalue weighted by Crippen LogP contribution is 2.38. The summed E-state index contributed by atoms with van der Waals surface area (Å²) in [5.74, 6) is 0. The van der Waals surface area contributed by atoms with Crippen molar-refractivity contribution >= 4 is 10.8 Å². The number of benzene rings is 4. The summed E-state index contributed by atoms with van der Waals surface area (Å²) in [7, 11) is 0. The molecule has 0 aliphatic carbocycles. The van der Waals surface area contributed by atoms with E-state index < -0.39 is 0 Å². The van der Waals surface area contributed by atoms with Crippen molar-refractivity contribution < 1.29 is 0 Å². The lowest BCUT2D eigenvalue weighted by molar-refractivity contribution is 1.32. The van der Waals surface area contributed by atoms with Gasteiger partial charge < -0.3 is 0 Å². The van der Waals surface area contributed by atoms with Gasteiger partial charge in [0, 0.05) is 0 Å². The van der Waals surface area contributed by atoms with Gasteiger partial charge in [-0.3, -0.25) is 0 Å². The van der Waals surface area contributed by atoms with E-state index in [4.69, 9.17) is 0 Å². The van der Waals surface area contributed by atoms with Gasteiger partial charge in [0.05, 0.1) is 0 Å². The highest BCUT2D eigenvalue weighted by molar-refractivity contribution is 6.05. The minimum atomic E-state index is 1.27. The van der Waals surface area contributed by atoms with Crippen molar-refractivity contribution in [2.24, 2.45) is 0 Å². The average molecular weight is 322 g/mol. The molecule has 0 bridgehead atoms. The molecular weight excluding hydrogens is 300 g/mol. The fourth-order valence-corrected chi connectivity index (χ4v) is 3.99. The molecule has 0 radical (unpaired) electrons. The number of hydrogen-bond donors (Lipinski definition) is 0. The summed E-state index contributed by atoms with van der Waals surface area (Å²) < 4.78 is 0. The molecule has 4 aromatic carbocycles. The molecule has 0 saturated carbocycles. The molecule has 0 aromatic heterocycles. The molecule has 0 saturated heterocycles. The molecule has 25 heavy (non-hydrogen) atoms. The minimum Gasteiger partial charge on any atom is -0.0622 e. The predicted molar refractivity (Wildman–Crippen MR) is 109 cm³/mol. The summed E-state index contributed by atoms with van der Waals surface area (Å²) in [5, 5.41) is 2.63. The van der Waals surface area contributed by atoms with Gasteiger partial charge in [-0.25, -0.2) is 0 Å². The smallest absolute Gasteiger partial charge is 0.00990 e. The Morgan fingerprint density at radius 1 is 0.520 bits per heavy atom. The third-order valence-corrected chi connectivity index (χ3v) is 4.96.